The van der Waals surface area contributed by atoms with Crippen LogP contribution >= 0.6 is 0 Å². The van der Waals surface area contributed by atoms with E-state index in [-0.39, 0.29) is 48.8 Å². The normalized spacial score (nSPS) is 15.1. The van der Waals surface area contributed by atoms with Crippen LogP contribution < -0.4 is 0 Å². The Balaban J connectivity index is 2.14. The molecule has 0 saturated carbocycles. The number of hydrogen-bond acceptors (Lipinski definition) is 7. The van der Waals surface area contributed by atoms with Gasteiger partial charge in [-0.2, -0.15) is 0 Å². The Morgan fingerprint density at radius 3 is 2.16 bits per heavy atom. The lowest BCUT2D eigenvalue weighted by Crippen LogP contribution is -2.42. The summed E-state index contributed by atoms with van der Waals surface area (Å²) in [4.78, 5) is 13.7. The third kappa shape index (κ3) is 11.8. The van der Waals surface area contributed by atoms with Gasteiger partial charge in [0, 0.05) is 13.0 Å². The highest BCUT2D eigenvalue weighted by Crippen LogP contribution is 2.37. The zero-order valence-electron chi connectivity index (χ0n) is 27.5. The molecule has 242 valence electrons. The molecule has 2 aromatic rings. The summed E-state index contributed by atoms with van der Waals surface area (Å²) in [5.41, 5.74) is 0.995. The number of hydrogen-bond donors (Lipinski definition) is 2. The van der Waals surface area contributed by atoms with Crippen LogP contribution in [0.2, 0.25) is 18.1 Å². The Kier molecular flexibility index (Phi) is 13.2. The van der Waals surface area contributed by atoms with Crippen LogP contribution in [-0.4, -0.2) is 63.7 Å². The molecule has 0 aliphatic rings. The van der Waals surface area contributed by atoms with E-state index in [9.17, 15) is 23.4 Å². The summed E-state index contributed by atoms with van der Waals surface area (Å²) in [5, 5.41) is 19.3. The van der Waals surface area contributed by atoms with Gasteiger partial charge in [-0.1, -0.05) is 95.6 Å². The molecule has 2 rings (SSSR count). The highest BCUT2D eigenvalue weighted by molar-refractivity contribution is 7.91. The van der Waals surface area contributed by atoms with Crippen molar-refractivity contribution in [2.75, 3.05) is 24.7 Å². The molecule has 0 bridgehead atoms. The molecule has 0 aliphatic carbocycles. The second kappa shape index (κ2) is 15.3. The number of sulfone groups is 1. The summed E-state index contributed by atoms with van der Waals surface area (Å²) in [6.07, 6.45) is 1.07. The van der Waals surface area contributed by atoms with Crippen molar-refractivity contribution in [1.29, 1.82) is 0 Å². The molecular formula is C34H54O7SSi. The summed E-state index contributed by atoms with van der Waals surface area (Å²) in [6, 6.07) is 17.0. The lowest BCUT2D eigenvalue weighted by Gasteiger charge is -2.36. The van der Waals surface area contributed by atoms with Crippen molar-refractivity contribution in [1.82, 2.24) is 0 Å². The number of rotatable bonds is 17. The third-order valence-electron chi connectivity index (χ3n) is 8.71. The standard InChI is InChI=1S/C34H54O7SSi/c1-32(2,3)43(7,8)41-20-21-42(38,39)26-33(4,5)18-13-19-34(6,31(37)40-25-27-14-10-9-11-15-27)29-17-12-16-28(22-29)23-30(36)24-35/h9-12,14-17,22,30,35-36H,13,18-21,23-26H2,1-8H3/t30-,34+/m0/s1. The van der Waals surface area contributed by atoms with Gasteiger partial charge < -0.3 is 19.4 Å². The van der Waals surface area contributed by atoms with Gasteiger partial charge in [-0.25, -0.2) is 8.42 Å². The molecule has 0 heterocycles. The molecule has 2 atom stereocenters. The van der Waals surface area contributed by atoms with Gasteiger partial charge in [0.05, 0.1) is 29.6 Å². The van der Waals surface area contributed by atoms with Gasteiger partial charge in [0.2, 0.25) is 0 Å². The summed E-state index contributed by atoms with van der Waals surface area (Å²) < 4.78 is 38.1. The molecule has 7 nitrogen and oxygen atoms in total. The van der Waals surface area contributed by atoms with Gasteiger partial charge >= 0.3 is 5.97 Å². The van der Waals surface area contributed by atoms with E-state index in [4.69, 9.17) is 9.16 Å². The maximum absolute atomic E-state index is 13.7. The van der Waals surface area contributed by atoms with Gasteiger partial charge in [-0.15, -0.1) is 0 Å². The minimum atomic E-state index is -3.34. The van der Waals surface area contributed by atoms with Crippen LogP contribution in [0, 0.1) is 5.41 Å². The predicted octanol–water partition coefficient (Wildman–Crippen LogP) is 6.22. The molecule has 2 aromatic carbocycles. The first-order chi connectivity index (χ1) is 19.8. The first-order valence-corrected chi connectivity index (χ1v) is 20.0. The molecule has 0 fully saturated rings. The lowest BCUT2D eigenvalue weighted by atomic mass is 9.75. The average Bonchev–Trinajstić information content (AvgIpc) is 2.90. The van der Waals surface area contributed by atoms with Crippen molar-refractivity contribution < 1.29 is 32.6 Å². The van der Waals surface area contributed by atoms with E-state index >= 15 is 0 Å². The van der Waals surface area contributed by atoms with Crippen LogP contribution in [0.15, 0.2) is 54.6 Å². The Morgan fingerprint density at radius 1 is 0.930 bits per heavy atom. The maximum atomic E-state index is 13.7. The number of carbonyl (C=O) groups excluding carboxylic acids is 1. The molecular weight excluding hydrogens is 581 g/mol. The van der Waals surface area contributed by atoms with E-state index in [0.717, 1.165) is 16.7 Å². The van der Waals surface area contributed by atoms with Gasteiger partial charge in [0.25, 0.3) is 0 Å². The molecule has 0 unspecified atom stereocenters. The van der Waals surface area contributed by atoms with E-state index in [1.807, 2.05) is 75.4 Å². The monoisotopic (exact) mass is 634 g/mol. The van der Waals surface area contributed by atoms with E-state index in [0.29, 0.717) is 19.3 Å². The number of aliphatic hydroxyl groups excluding tert-OH is 2. The second-order valence-corrected chi connectivity index (χ2v) is 21.3. The molecule has 2 N–H and O–H groups in total. The fourth-order valence-corrected chi connectivity index (χ4v) is 7.94. The quantitative estimate of drug-likeness (QED) is 0.157. The zero-order valence-corrected chi connectivity index (χ0v) is 29.3. The van der Waals surface area contributed by atoms with Crippen molar-refractivity contribution in [2.45, 2.75) is 103 Å². The maximum Gasteiger partial charge on any atom is 0.316 e. The van der Waals surface area contributed by atoms with E-state index in [1.54, 1.807) is 0 Å². The zero-order chi connectivity index (χ0) is 32.5. The molecule has 0 saturated heterocycles. The van der Waals surface area contributed by atoms with Crippen LogP contribution in [-0.2, 0) is 42.2 Å². The number of aliphatic hydroxyl groups is 2. The molecule has 9 heteroatoms. The fraction of sp³-hybridized carbons (Fsp3) is 0.618. The first-order valence-electron chi connectivity index (χ1n) is 15.2. The molecule has 0 aliphatic heterocycles. The number of benzene rings is 2. The minimum absolute atomic E-state index is 0.00104. The Labute approximate surface area is 261 Å². The summed E-state index contributed by atoms with van der Waals surface area (Å²) in [5.74, 6) is -0.312. The average molecular weight is 635 g/mol. The Morgan fingerprint density at radius 2 is 1.56 bits per heavy atom. The molecule has 43 heavy (non-hydrogen) atoms. The molecule has 0 spiro atoms. The van der Waals surface area contributed by atoms with Crippen LogP contribution in [0.1, 0.15) is 77.5 Å². The highest BCUT2D eigenvalue weighted by Gasteiger charge is 2.39. The van der Waals surface area contributed by atoms with E-state index in [2.05, 4.69) is 33.9 Å². The SMILES string of the molecule is CC(C)(CCC[C@@](C)(C(=O)OCc1ccccc1)c1cccc(C[C@H](O)CO)c1)CS(=O)(=O)CCO[Si](C)(C)C(C)(C)C. The van der Waals surface area contributed by atoms with Crippen LogP contribution in [0.3, 0.4) is 0 Å². The van der Waals surface area contributed by atoms with Gasteiger partial charge in [0.15, 0.2) is 18.2 Å². The van der Waals surface area contributed by atoms with E-state index < -0.39 is 35.1 Å². The Bertz CT molecular complexity index is 1270. The number of ether oxygens (including phenoxy) is 1. The van der Waals surface area contributed by atoms with Crippen molar-refractivity contribution in [3.63, 3.8) is 0 Å². The summed E-state index contributed by atoms with van der Waals surface area (Å²) >= 11 is 0. The Hall–Kier alpha value is -2.04. The van der Waals surface area contributed by atoms with Crippen molar-refractivity contribution >= 4 is 24.1 Å². The fourth-order valence-electron chi connectivity index (χ4n) is 4.93. The van der Waals surface area contributed by atoms with Gasteiger partial charge in [-0.05, 0) is 60.0 Å². The van der Waals surface area contributed by atoms with Crippen molar-refractivity contribution in [3.05, 3.63) is 71.3 Å². The van der Waals surface area contributed by atoms with Crippen molar-refractivity contribution in [3.8, 4) is 0 Å². The van der Waals surface area contributed by atoms with Crippen LogP contribution in [0.25, 0.3) is 0 Å². The highest BCUT2D eigenvalue weighted by atomic mass is 32.2. The molecule has 0 radical (unpaired) electrons. The molecule has 0 aromatic heterocycles. The smallest absolute Gasteiger partial charge is 0.316 e. The van der Waals surface area contributed by atoms with Gasteiger partial charge in [-0.3, -0.25) is 4.79 Å². The summed E-state index contributed by atoms with van der Waals surface area (Å²) in [7, 11) is -5.37. The van der Waals surface area contributed by atoms with Gasteiger partial charge in [0.1, 0.15) is 6.61 Å². The topological polar surface area (TPSA) is 110 Å². The second-order valence-electron chi connectivity index (χ2n) is 14.4. The third-order valence-corrected chi connectivity index (χ3v) is 15.3. The first kappa shape index (κ1) is 37.1. The molecule has 0 amide bonds. The largest absolute Gasteiger partial charge is 0.460 e. The number of esters is 1. The van der Waals surface area contributed by atoms with Crippen LogP contribution in [0.4, 0.5) is 0 Å². The predicted molar refractivity (Wildman–Crippen MR) is 176 cm³/mol. The minimum Gasteiger partial charge on any atom is -0.460 e. The van der Waals surface area contributed by atoms with Crippen LogP contribution in [0.5, 0.6) is 0 Å². The van der Waals surface area contributed by atoms with E-state index in [1.165, 1.54) is 0 Å². The summed E-state index contributed by atoms with van der Waals surface area (Å²) in [6.45, 7) is 16.4. The van der Waals surface area contributed by atoms with Crippen molar-refractivity contribution in [2.24, 2.45) is 5.41 Å². The lowest BCUT2D eigenvalue weighted by molar-refractivity contribution is -0.151. The number of carbonyl (C=O) groups is 1.